The van der Waals surface area contributed by atoms with Gasteiger partial charge in [0.15, 0.2) is 0 Å². The smallest absolute Gasteiger partial charge is 0.257 e. The van der Waals surface area contributed by atoms with Gasteiger partial charge in [-0.2, -0.15) is 0 Å². The van der Waals surface area contributed by atoms with E-state index in [-0.39, 0.29) is 12.0 Å². The van der Waals surface area contributed by atoms with Crippen LogP contribution in [0.1, 0.15) is 38.8 Å². The fourth-order valence-electron chi connectivity index (χ4n) is 4.62. The molecule has 1 aliphatic heterocycles. The molecule has 3 aromatic rings. The molecule has 212 valence electrons. The second-order valence-electron chi connectivity index (χ2n) is 10.1. The van der Waals surface area contributed by atoms with Gasteiger partial charge in [0, 0.05) is 43.6 Å². The summed E-state index contributed by atoms with van der Waals surface area (Å²) in [5.41, 5.74) is 9.62. The molecule has 1 saturated heterocycles. The molecule has 0 aromatic heterocycles. The minimum Gasteiger partial charge on any atom is -0.396 e. The Kier molecular flexibility index (Phi) is 9.70. The monoisotopic (exact) mass is 548 g/mol. The van der Waals surface area contributed by atoms with Crippen molar-refractivity contribution in [3.63, 3.8) is 0 Å². The van der Waals surface area contributed by atoms with Gasteiger partial charge in [0.1, 0.15) is 5.82 Å². The number of benzene rings is 3. The number of ether oxygens (including phenoxy) is 1. The number of nitrogens with zero attached hydrogens (tertiary/aromatic N) is 2. The van der Waals surface area contributed by atoms with E-state index in [1.807, 2.05) is 32.1 Å². The third-order valence-electron chi connectivity index (χ3n) is 6.70. The predicted octanol–water partition coefficient (Wildman–Crippen LogP) is 3.96. The van der Waals surface area contributed by atoms with Crippen LogP contribution in [0.15, 0.2) is 60.7 Å². The summed E-state index contributed by atoms with van der Waals surface area (Å²) in [5.74, 6) is -1.28. The molecule has 0 bridgehead atoms. The summed E-state index contributed by atoms with van der Waals surface area (Å²) in [6.07, 6.45) is 0.666. The number of amides is 2. The van der Waals surface area contributed by atoms with Crippen LogP contribution in [0.3, 0.4) is 0 Å². The number of carbonyl (C=O) groups is 2. The Labute approximate surface area is 234 Å². The minimum atomic E-state index is -0.467. The number of nitrogens with one attached hydrogen (secondary N) is 3. The topological polar surface area (TPSA) is 112 Å². The normalized spacial score (nSPS) is 15.1. The molecule has 1 unspecified atom stereocenters. The summed E-state index contributed by atoms with van der Waals surface area (Å²) < 4.78 is 20.0. The highest BCUT2D eigenvalue weighted by Crippen LogP contribution is 2.27. The van der Waals surface area contributed by atoms with E-state index in [0.717, 1.165) is 31.7 Å². The van der Waals surface area contributed by atoms with Crippen molar-refractivity contribution in [1.82, 2.24) is 10.2 Å². The molecule has 0 spiro atoms. The summed E-state index contributed by atoms with van der Waals surface area (Å²) in [7, 11) is 6.01. The second kappa shape index (κ2) is 13.4. The number of anilines is 4. The third kappa shape index (κ3) is 7.56. The Bertz CT molecular complexity index is 1340. The zero-order valence-corrected chi connectivity index (χ0v) is 23.2. The van der Waals surface area contributed by atoms with Gasteiger partial charge in [-0.05, 0) is 81.2 Å². The minimum absolute atomic E-state index is 0.289. The molecule has 0 saturated carbocycles. The molecule has 10 heteroatoms. The first-order valence-electron chi connectivity index (χ1n) is 13.3. The predicted molar refractivity (Wildman–Crippen MR) is 158 cm³/mol. The first-order chi connectivity index (χ1) is 19.2. The number of nitrogen functional groups attached to an aromatic ring is 1. The molecule has 0 radical (unpaired) electrons. The van der Waals surface area contributed by atoms with Crippen molar-refractivity contribution >= 4 is 34.6 Å². The standard InChI is InChI=1S/C30H37FN6O3/c1-36(2)12-6-13-37(3)26-10-5-9-25(28(26)32)30(39)34-23-8-4-7-20(16-23)29(38)35-24-17-21(15-22(31)18-24)27-19-33-11-14-40-27/h4-5,7-10,15-18,27,33H,6,11-14,19,32H2,1-3H3,(H,34,39)(H,35,38). The van der Waals surface area contributed by atoms with Gasteiger partial charge in [-0.3, -0.25) is 9.59 Å². The SMILES string of the molecule is CN(C)CCCN(C)c1cccc(C(=O)Nc2cccc(C(=O)Nc3cc(F)cc(C4CNCCO4)c3)c2)c1N. The average Bonchev–Trinajstić information content (AvgIpc) is 2.93. The zero-order valence-electron chi connectivity index (χ0n) is 23.2. The van der Waals surface area contributed by atoms with Crippen LogP contribution >= 0.6 is 0 Å². The van der Waals surface area contributed by atoms with Crippen LogP contribution in [0.5, 0.6) is 0 Å². The Morgan fingerprint density at radius 1 is 1.00 bits per heavy atom. The zero-order chi connectivity index (χ0) is 28.6. The van der Waals surface area contributed by atoms with Gasteiger partial charge in [0.2, 0.25) is 0 Å². The molecular weight excluding hydrogens is 511 g/mol. The molecular formula is C30H37FN6O3. The molecule has 0 aliphatic carbocycles. The molecule has 40 heavy (non-hydrogen) atoms. The maximum Gasteiger partial charge on any atom is 0.257 e. The first kappa shape index (κ1) is 29.0. The summed E-state index contributed by atoms with van der Waals surface area (Å²) in [4.78, 5) is 30.3. The van der Waals surface area contributed by atoms with Crippen LogP contribution in [-0.2, 0) is 4.74 Å². The van der Waals surface area contributed by atoms with E-state index in [0.29, 0.717) is 46.9 Å². The van der Waals surface area contributed by atoms with E-state index in [9.17, 15) is 14.0 Å². The lowest BCUT2D eigenvalue weighted by Crippen LogP contribution is -2.33. The van der Waals surface area contributed by atoms with Gasteiger partial charge < -0.3 is 36.2 Å². The highest BCUT2D eigenvalue weighted by Gasteiger charge is 2.19. The van der Waals surface area contributed by atoms with Crippen molar-refractivity contribution in [2.75, 3.05) is 75.2 Å². The van der Waals surface area contributed by atoms with E-state index in [2.05, 4.69) is 20.9 Å². The number of carbonyl (C=O) groups excluding carboxylic acids is 2. The largest absolute Gasteiger partial charge is 0.396 e. The fourth-order valence-corrected chi connectivity index (χ4v) is 4.62. The molecule has 4 rings (SSSR count). The summed E-state index contributed by atoms with van der Waals surface area (Å²) in [6.45, 7) is 3.58. The lowest BCUT2D eigenvalue weighted by Gasteiger charge is -2.24. The van der Waals surface area contributed by atoms with Crippen molar-refractivity contribution in [2.45, 2.75) is 12.5 Å². The number of halogens is 1. The lowest BCUT2D eigenvalue weighted by atomic mass is 10.1. The average molecular weight is 549 g/mol. The van der Waals surface area contributed by atoms with Gasteiger partial charge in [-0.1, -0.05) is 12.1 Å². The summed E-state index contributed by atoms with van der Waals surface area (Å²) in [5, 5.41) is 8.80. The van der Waals surface area contributed by atoms with Crippen molar-refractivity contribution in [2.24, 2.45) is 0 Å². The molecule has 9 nitrogen and oxygen atoms in total. The van der Waals surface area contributed by atoms with Crippen molar-refractivity contribution in [3.05, 3.63) is 83.2 Å². The molecule has 3 aromatic carbocycles. The second-order valence-corrected chi connectivity index (χ2v) is 10.1. The Balaban J connectivity index is 1.44. The number of hydrogen-bond donors (Lipinski definition) is 4. The molecule has 1 heterocycles. The van der Waals surface area contributed by atoms with Gasteiger partial charge in [0.25, 0.3) is 11.8 Å². The van der Waals surface area contributed by atoms with Gasteiger partial charge in [-0.25, -0.2) is 4.39 Å². The quantitative estimate of drug-likeness (QED) is 0.284. The van der Waals surface area contributed by atoms with E-state index >= 15 is 0 Å². The Hall–Kier alpha value is -3.99. The van der Waals surface area contributed by atoms with Gasteiger partial charge in [0.05, 0.1) is 29.6 Å². The molecule has 5 N–H and O–H groups in total. The first-order valence-corrected chi connectivity index (χ1v) is 13.3. The van der Waals surface area contributed by atoms with E-state index in [4.69, 9.17) is 10.5 Å². The molecule has 1 fully saturated rings. The van der Waals surface area contributed by atoms with Crippen LogP contribution in [0.25, 0.3) is 0 Å². The molecule has 2 amide bonds. The number of morpholine rings is 1. The Morgan fingerprint density at radius 2 is 1.77 bits per heavy atom. The van der Waals surface area contributed by atoms with Crippen molar-refractivity contribution < 1.29 is 18.7 Å². The molecule has 1 atom stereocenters. The third-order valence-corrected chi connectivity index (χ3v) is 6.70. The van der Waals surface area contributed by atoms with Crippen LogP contribution in [0, 0.1) is 5.82 Å². The number of rotatable bonds is 10. The van der Waals surface area contributed by atoms with E-state index in [1.165, 1.54) is 12.1 Å². The number of nitrogens with two attached hydrogens (primary N) is 1. The lowest BCUT2D eigenvalue weighted by molar-refractivity contribution is 0.0275. The van der Waals surface area contributed by atoms with Gasteiger partial charge in [-0.15, -0.1) is 0 Å². The highest BCUT2D eigenvalue weighted by atomic mass is 19.1. The van der Waals surface area contributed by atoms with Crippen LogP contribution in [0.4, 0.5) is 27.1 Å². The highest BCUT2D eigenvalue weighted by molar-refractivity contribution is 6.10. The van der Waals surface area contributed by atoms with Crippen molar-refractivity contribution in [3.8, 4) is 0 Å². The van der Waals surface area contributed by atoms with E-state index < -0.39 is 11.7 Å². The maximum absolute atomic E-state index is 14.3. The van der Waals surface area contributed by atoms with Crippen LogP contribution in [0.2, 0.25) is 0 Å². The Morgan fingerprint density at radius 3 is 2.52 bits per heavy atom. The summed E-state index contributed by atoms with van der Waals surface area (Å²) >= 11 is 0. The maximum atomic E-state index is 14.3. The summed E-state index contributed by atoms with van der Waals surface area (Å²) in [6, 6.07) is 16.3. The van der Waals surface area contributed by atoms with Crippen molar-refractivity contribution in [1.29, 1.82) is 0 Å². The number of hydrogen-bond acceptors (Lipinski definition) is 7. The molecule has 1 aliphatic rings. The van der Waals surface area contributed by atoms with Gasteiger partial charge >= 0.3 is 0 Å². The van der Waals surface area contributed by atoms with Crippen LogP contribution in [-0.4, -0.2) is 70.6 Å². The van der Waals surface area contributed by atoms with E-state index in [1.54, 1.807) is 42.5 Å². The van der Waals surface area contributed by atoms with Crippen LogP contribution < -0.4 is 26.6 Å². The number of para-hydroxylation sites is 1. The fraction of sp³-hybridized carbons (Fsp3) is 0.333.